The van der Waals surface area contributed by atoms with Crippen LogP contribution in [0.4, 0.5) is 0 Å². The molecule has 1 heterocycles. The van der Waals surface area contributed by atoms with Crippen molar-refractivity contribution in [2.75, 3.05) is 0 Å². The minimum absolute atomic E-state index is 0.00986. The number of carbonyl (C=O) groups excluding carboxylic acids is 1. The van der Waals surface area contributed by atoms with Crippen molar-refractivity contribution < 1.29 is 4.79 Å². The summed E-state index contributed by atoms with van der Waals surface area (Å²) in [6.45, 7) is 2.14. The first-order chi connectivity index (χ1) is 9.13. The van der Waals surface area contributed by atoms with Gasteiger partial charge in [-0.15, -0.1) is 0 Å². The zero-order valence-electron chi connectivity index (χ0n) is 11.6. The fraction of sp³-hybridized carbons (Fsp3) is 0.867. The molecule has 0 aromatic carbocycles. The van der Waals surface area contributed by atoms with Crippen molar-refractivity contribution in [1.29, 1.82) is 5.26 Å². The average Bonchev–Trinajstić information content (AvgIpc) is 2.91. The van der Waals surface area contributed by atoms with Crippen molar-refractivity contribution in [3.8, 4) is 6.07 Å². The molecular formula is C15H23N3O. The van der Waals surface area contributed by atoms with E-state index in [2.05, 4.69) is 13.0 Å². The highest BCUT2D eigenvalue weighted by molar-refractivity contribution is 5.84. The second-order valence-corrected chi connectivity index (χ2v) is 6.59. The molecule has 0 aromatic rings. The molecular weight excluding hydrogens is 238 g/mol. The first-order valence-electron chi connectivity index (χ1n) is 7.60. The standard InChI is InChI=1S/C15H23N3O/c1-2-15(5-3-4-6-15)13(17)14(19)18-11(9-16)7-10-8-12(10)18/h10-13H,2-8,17H2,1H3/t10-,11+,12+,13-/m1/s1. The zero-order chi connectivity index (χ0) is 13.6. The molecule has 2 saturated carbocycles. The SMILES string of the molecule is CCC1([C@H](N)C(=O)N2[C@H](C#N)C[C@@H]3C[C@@H]32)CCCC1. The molecule has 2 N–H and O–H groups in total. The number of piperidine rings is 1. The van der Waals surface area contributed by atoms with Gasteiger partial charge in [-0.2, -0.15) is 5.26 Å². The van der Waals surface area contributed by atoms with Crippen molar-refractivity contribution in [3.05, 3.63) is 0 Å². The van der Waals surface area contributed by atoms with Crippen LogP contribution in [0.2, 0.25) is 0 Å². The third-order valence-corrected chi connectivity index (χ3v) is 5.74. The number of nitrogens with zero attached hydrogens (tertiary/aromatic N) is 2. The van der Waals surface area contributed by atoms with Crippen LogP contribution in [-0.2, 0) is 4.79 Å². The molecule has 1 amide bonds. The van der Waals surface area contributed by atoms with E-state index in [1.807, 2.05) is 4.90 Å². The quantitative estimate of drug-likeness (QED) is 0.842. The molecule has 2 aliphatic carbocycles. The van der Waals surface area contributed by atoms with E-state index in [1.165, 1.54) is 12.8 Å². The number of rotatable bonds is 3. The van der Waals surface area contributed by atoms with Gasteiger partial charge in [-0.3, -0.25) is 4.79 Å². The van der Waals surface area contributed by atoms with Crippen LogP contribution in [0.25, 0.3) is 0 Å². The van der Waals surface area contributed by atoms with Gasteiger partial charge in [-0.1, -0.05) is 19.8 Å². The lowest BCUT2D eigenvalue weighted by molar-refractivity contribution is -0.136. The van der Waals surface area contributed by atoms with Gasteiger partial charge in [0.05, 0.1) is 12.1 Å². The lowest BCUT2D eigenvalue weighted by atomic mass is 9.76. The average molecular weight is 261 g/mol. The molecule has 104 valence electrons. The van der Waals surface area contributed by atoms with Gasteiger partial charge in [0.2, 0.25) is 5.91 Å². The molecule has 0 unspecified atom stereocenters. The lowest BCUT2D eigenvalue weighted by Crippen LogP contribution is -2.54. The van der Waals surface area contributed by atoms with Crippen LogP contribution in [0.1, 0.15) is 51.9 Å². The van der Waals surface area contributed by atoms with E-state index < -0.39 is 6.04 Å². The summed E-state index contributed by atoms with van der Waals surface area (Å²) >= 11 is 0. The number of fused-ring (bicyclic) bond motifs is 1. The van der Waals surface area contributed by atoms with Crippen LogP contribution < -0.4 is 5.73 Å². The number of likely N-dealkylation sites (tertiary alicyclic amines) is 1. The van der Waals surface area contributed by atoms with Crippen LogP contribution in [-0.4, -0.2) is 28.9 Å². The third kappa shape index (κ3) is 1.87. The summed E-state index contributed by atoms with van der Waals surface area (Å²) in [6.07, 6.45) is 7.41. The molecule has 0 spiro atoms. The Morgan fingerprint density at radius 2 is 2.16 bits per heavy atom. The Kier molecular flexibility index (Phi) is 3.05. The summed E-state index contributed by atoms with van der Waals surface area (Å²) in [4.78, 5) is 14.6. The number of nitrogens with two attached hydrogens (primary N) is 1. The summed E-state index contributed by atoms with van der Waals surface area (Å²) in [6, 6.07) is 1.97. The second-order valence-electron chi connectivity index (χ2n) is 6.59. The maximum absolute atomic E-state index is 12.8. The van der Waals surface area contributed by atoms with Crippen molar-refractivity contribution in [2.45, 2.75) is 70.0 Å². The van der Waals surface area contributed by atoms with Crippen LogP contribution in [0.5, 0.6) is 0 Å². The summed E-state index contributed by atoms with van der Waals surface area (Å²) in [5.74, 6) is 0.613. The van der Waals surface area contributed by atoms with Gasteiger partial charge in [0.25, 0.3) is 0 Å². The Morgan fingerprint density at radius 1 is 1.47 bits per heavy atom. The zero-order valence-corrected chi connectivity index (χ0v) is 11.6. The lowest BCUT2D eigenvalue weighted by Gasteiger charge is -2.37. The highest BCUT2D eigenvalue weighted by Crippen LogP contribution is 2.50. The van der Waals surface area contributed by atoms with Gasteiger partial charge in [-0.25, -0.2) is 0 Å². The minimum atomic E-state index is -0.407. The van der Waals surface area contributed by atoms with E-state index in [-0.39, 0.29) is 17.4 Å². The maximum Gasteiger partial charge on any atom is 0.241 e. The molecule has 3 rings (SSSR count). The normalized spacial score (nSPS) is 36.7. The predicted molar refractivity (Wildman–Crippen MR) is 71.9 cm³/mol. The number of hydrogen-bond acceptors (Lipinski definition) is 3. The molecule has 0 aromatic heterocycles. The van der Waals surface area contributed by atoms with Gasteiger partial charge in [-0.05, 0) is 43.4 Å². The molecule has 1 saturated heterocycles. The van der Waals surface area contributed by atoms with Crippen molar-refractivity contribution in [1.82, 2.24) is 4.90 Å². The topological polar surface area (TPSA) is 70.1 Å². The highest BCUT2D eigenvalue weighted by Gasteiger charge is 2.56. The van der Waals surface area contributed by atoms with E-state index in [4.69, 9.17) is 5.73 Å². The van der Waals surface area contributed by atoms with Gasteiger partial charge < -0.3 is 10.6 Å². The molecule has 0 bridgehead atoms. The van der Waals surface area contributed by atoms with E-state index in [9.17, 15) is 10.1 Å². The molecule has 4 atom stereocenters. The Labute approximate surface area is 114 Å². The molecule has 3 fully saturated rings. The fourth-order valence-electron chi connectivity index (χ4n) is 4.28. The molecule has 4 heteroatoms. The van der Waals surface area contributed by atoms with Gasteiger partial charge in [0.15, 0.2) is 0 Å². The Hall–Kier alpha value is -1.08. The summed E-state index contributed by atoms with van der Waals surface area (Å²) in [7, 11) is 0. The molecule has 3 aliphatic rings. The summed E-state index contributed by atoms with van der Waals surface area (Å²) in [5, 5.41) is 9.21. The number of hydrogen-bond donors (Lipinski definition) is 1. The summed E-state index contributed by atoms with van der Waals surface area (Å²) in [5.41, 5.74) is 6.34. The van der Waals surface area contributed by atoms with Crippen LogP contribution in [0.15, 0.2) is 0 Å². The van der Waals surface area contributed by atoms with Gasteiger partial charge in [0.1, 0.15) is 6.04 Å². The van der Waals surface area contributed by atoms with Gasteiger partial charge >= 0.3 is 0 Å². The van der Waals surface area contributed by atoms with E-state index >= 15 is 0 Å². The minimum Gasteiger partial charge on any atom is -0.322 e. The Bertz CT molecular complexity index is 422. The van der Waals surface area contributed by atoms with Crippen LogP contribution in [0.3, 0.4) is 0 Å². The molecule has 1 aliphatic heterocycles. The maximum atomic E-state index is 12.8. The van der Waals surface area contributed by atoms with Crippen LogP contribution >= 0.6 is 0 Å². The fourth-order valence-corrected chi connectivity index (χ4v) is 4.28. The van der Waals surface area contributed by atoms with Crippen molar-refractivity contribution >= 4 is 5.91 Å². The van der Waals surface area contributed by atoms with E-state index in [0.717, 1.165) is 32.1 Å². The van der Waals surface area contributed by atoms with Gasteiger partial charge in [0, 0.05) is 6.04 Å². The predicted octanol–water partition coefficient (Wildman–Crippen LogP) is 1.80. The van der Waals surface area contributed by atoms with Crippen molar-refractivity contribution in [2.24, 2.45) is 17.1 Å². The Morgan fingerprint density at radius 3 is 2.74 bits per heavy atom. The number of carbonyl (C=O) groups is 1. The smallest absolute Gasteiger partial charge is 0.241 e. The summed E-state index contributed by atoms with van der Waals surface area (Å²) < 4.78 is 0. The van der Waals surface area contributed by atoms with E-state index in [1.54, 1.807) is 0 Å². The first kappa shape index (κ1) is 12.9. The monoisotopic (exact) mass is 261 g/mol. The largest absolute Gasteiger partial charge is 0.322 e. The second kappa shape index (κ2) is 4.49. The molecule has 19 heavy (non-hydrogen) atoms. The van der Waals surface area contributed by atoms with E-state index in [0.29, 0.717) is 12.0 Å². The number of nitriles is 1. The van der Waals surface area contributed by atoms with Crippen molar-refractivity contribution in [3.63, 3.8) is 0 Å². The molecule has 0 radical (unpaired) electrons. The third-order valence-electron chi connectivity index (χ3n) is 5.74. The first-order valence-corrected chi connectivity index (χ1v) is 7.60. The van der Waals surface area contributed by atoms with Crippen LogP contribution in [0, 0.1) is 22.7 Å². The molecule has 4 nitrogen and oxygen atoms in total. The highest BCUT2D eigenvalue weighted by atomic mass is 16.2. The number of amides is 1. The Balaban J connectivity index is 1.78.